The topological polar surface area (TPSA) is 163 Å². The first-order valence-electron chi connectivity index (χ1n) is 13.9. The molecule has 0 spiro atoms. The molecule has 2 aliphatic rings. The van der Waals surface area contributed by atoms with Crippen LogP contribution in [-0.2, 0) is 32.9 Å². The predicted molar refractivity (Wildman–Crippen MR) is 192 cm³/mol. The highest BCUT2D eigenvalue weighted by atomic mass is 79.9. The summed E-state index contributed by atoms with van der Waals surface area (Å²) in [6.07, 6.45) is 1.35. The molecule has 0 fully saturated rings. The lowest BCUT2D eigenvalue weighted by molar-refractivity contribution is 0.348. The van der Waals surface area contributed by atoms with Crippen molar-refractivity contribution in [3.05, 3.63) is 92.4 Å². The summed E-state index contributed by atoms with van der Waals surface area (Å²) >= 11 is 15.6. The molecule has 8 rings (SSSR count). The van der Waals surface area contributed by atoms with E-state index in [0.717, 1.165) is 11.1 Å². The van der Waals surface area contributed by atoms with Crippen LogP contribution in [0.4, 0.5) is 11.6 Å². The number of nitrogens with one attached hydrogen (secondary N) is 2. The zero-order valence-electron chi connectivity index (χ0n) is 23.8. The number of benzene rings is 4. The van der Waals surface area contributed by atoms with Gasteiger partial charge in [-0.3, -0.25) is 9.44 Å². The third-order valence-electron chi connectivity index (χ3n) is 7.33. The van der Waals surface area contributed by atoms with E-state index in [1.807, 2.05) is 12.1 Å². The van der Waals surface area contributed by atoms with E-state index in [0.29, 0.717) is 74.0 Å². The maximum Gasteiger partial charge on any atom is 0.266 e. The molecular weight excluding hydrogens is 783 g/mol. The van der Waals surface area contributed by atoms with Crippen molar-refractivity contribution in [2.24, 2.45) is 0 Å². The number of halogens is 3. The van der Waals surface area contributed by atoms with Gasteiger partial charge in [0.25, 0.3) is 20.0 Å². The lowest BCUT2D eigenvalue weighted by atomic mass is 10.2. The van der Waals surface area contributed by atoms with E-state index in [1.54, 1.807) is 42.5 Å². The fourth-order valence-corrected chi connectivity index (χ4v) is 8.82. The minimum atomic E-state index is -3.93. The van der Waals surface area contributed by atoms with Gasteiger partial charge in [-0.1, -0.05) is 88.6 Å². The number of fused-ring (bicyclic) bond motifs is 4. The lowest BCUT2D eigenvalue weighted by Gasteiger charge is -2.10. The number of para-hydroxylation sites is 1. The number of hydrogen-bond donors (Lipinski definition) is 2. The maximum atomic E-state index is 12.8. The molecule has 0 aliphatic carbocycles. The van der Waals surface area contributed by atoms with E-state index >= 15 is 0 Å². The summed E-state index contributed by atoms with van der Waals surface area (Å²) in [5.41, 5.74) is 2.52. The molecular formula is C32H29BrCl2N4O8S2. The van der Waals surface area contributed by atoms with Crippen LogP contribution in [0.2, 0.25) is 10.0 Å². The molecule has 6 aromatic rings. The summed E-state index contributed by atoms with van der Waals surface area (Å²) in [6, 6.07) is 18.4. The Hall–Kier alpha value is -4.02. The largest absolute Gasteiger partial charge is 0.492 e. The fraction of sp³-hybridized carbons (Fsp3) is 0.188. The SMILES string of the molecule is C.C.O=S(=O)(Nc1noc2cccc(Cl)c12)c1cc(Br)cc2c1OCC2.O=S(=O)(Nc1noc2cccc(Cl)c12)c1cccc2c1OCC2. The molecule has 49 heavy (non-hydrogen) atoms. The summed E-state index contributed by atoms with van der Waals surface area (Å²) in [7, 11) is -7.80. The Bertz CT molecular complexity index is 2420. The molecule has 0 unspecified atom stereocenters. The Balaban J connectivity index is 0.000000184. The van der Waals surface area contributed by atoms with Crippen molar-refractivity contribution < 1.29 is 35.4 Å². The van der Waals surface area contributed by atoms with Crippen molar-refractivity contribution >= 4 is 92.8 Å². The molecule has 0 saturated carbocycles. The molecule has 0 atom stereocenters. The number of rotatable bonds is 6. The van der Waals surface area contributed by atoms with E-state index in [1.165, 1.54) is 12.1 Å². The predicted octanol–water partition coefficient (Wildman–Crippen LogP) is 8.47. The van der Waals surface area contributed by atoms with Gasteiger partial charge in [-0.05, 0) is 48.0 Å². The van der Waals surface area contributed by atoms with E-state index in [2.05, 4.69) is 35.7 Å². The van der Waals surface area contributed by atoms with Gasteiger partial charge in [0.15, 0.2) is 22.8 Å². The number of sulfonamides is 2. The van der Waals surface area contributed by atoms with Gasteiger partial charge in [0.2, 0.25) is 0 Å². The van der Waals surface area contributed by atoms with Gasteiger partial charge in [-0.2, -0.15) is 0 Å². The molecule has 2 aromatic heterocycles. The highest BCUT2D eigenvalue weighted by Crippen LogP contribution is 2.39. The molecule has 258 valence electrons. The molecule has 0 radical (unpaired) electrons. The molecule has 2 N–H and O–H groups in total. The van der Waals surface area contributed by atoms with Crippen LogP contribution in [0.3, 0.4) is 0 Å². The second kappa shape index (κ2) is 14.1. The van der Waals surface area contributed by atoms with E-state index in [9.17, 15) is 16.8 Å². The second-order valence-electron chi connectivity index (χ2n) is 10.3. The first-order chi connectivity index (χ1) is 22.5. The Morgan fingerprint density at radius 2 is 1.14 bits per heavy atom. The normalized spacial score (nSPS) is 13.2. The van der Waals surface area contributed by atoms with Crippen molar-refractivity contribution in [1.82, 2.24) is 10.3 Å². The zero-order valence-corrected chi connectivity index (χ0v) is 28.5. The molecule has 12 nitrogen and oxygen atoms in total. The average molecular weight is 813 g/mol. The highest BCUT2D eigenvalue weighted by Gasteiger charge is 2.29. The number of aromatic nitrogens is 2. The fourth-order valence-electron chi connectivity index (χ4n) is 5.24. The second-order valence-corrected chi connectivity index (χ2v) is 15.4. The first kappa shape index (κ1) is 36.3. The molecule has 4 aromatic carbocycles. The van der Waals surface area contributed by atoms with Crippen LogP contribution in [0, 0.1) is 0 Å². The minimum absolute atomic E-state index is 0. The standard InChI is InChI=1S/C15H10BrClN2O4S.C15H11ClN2O4S.2CH4/c16-9-6-8-4-5-22-14(8)12(7-9)24(20,21)19-15-13-10(17)2-1-3-11(13)23-18-15;16-10-4-2-5-11-13(10)15(17-22-11)18-23(19,20)12-6-1-3-9-7-8-21-14(9)12;;/h1-3,6-7H,4-5H2,(H,18,19);1-6H,7-8H2,(H,17,18);2*1H4. The molecule has 4 heterocycles. The van der Waals surface area contributed by atoms with E-state index in [4.69, 9.17) is 41.7 Å². The molecule has 0 bridgehead atoms. The van der Waals surface area contributed by atoms with Crippen molar-refractivity contribution in [2.45, 2.75) is 37.5 Å². The van der Waals surface area contributed by atoms with Gasteiger partial charge in [-0.15, -0.1) is 0 Å². The quantitative estimate of drug-likeness (QED) is 0.167. The van der Waals surface area contributed by atoms with E-state index in [-0.39, 0.29) is 36.3 Å². The lowest BCUT2D eigenvalue weighted by Crippen LogP contribution is -2.14. The Labute approximate surface area is 300 Å². The summed E-state index contributed by atoms with van der Waals surface area (Å²) in [5.74, 6) is 0.854. The zero-order chi connectivity index (χ0) is 32.9. The Morgan fingerprint density at radius 1 is 0.653 bits per heavy atom. The van der Waals surface area contributed by atoms with Crippen LogP contribution in [0.1, 0.15) is 26.0 Å². The maximum absolute atomic E-state index is 12.8. The van der Waals surface area contributed by atoms with Crippen LogP contribution in [0.5, 0.6) is 11.5 Å². The minimum Gasteiger partial charge on any atom is -0.492 e. The third-order valence-corrected chi connectivity index (χ3v) is 11.1. The Kier molecular flexibility index (Phi) is 10.4. The van der Waals surface area contributed by atoms with Crippen molar-refractivity contribution in [3.8, 4) is 11.5 Å². The summed E-state index contributed by atoms with van der Waals surface area (Å²) in [6.45, 7) is 0.924. The van der Waals surface area contributed by atoms with Gasteiger partial charge < -0.3 is 18.5 Å². The average Bonchev–Trinajstić information content (AvgIpc) is 3.84. The molecule has 17 heteroatoms. The van der Waals surface area contributed by atoms with Crippen LogP contribution in [0.25, 0.3) is 21.9 Å². The third kappa shape index (κ3) is 6.90. The van der Waals surface area contributed by atoms with Crippen LogP contribution >= 0.6 is 39.1 Å². The smallest absolute Gasteiger partial charge is 0.266 e. The monoisotopic (exact) mass is 810 g/mol. The number of nitrogens with zero attached hydrogens (tertiary/aromatic N) is 2. The van der Waals surface area contributed by atoms with Crippen molar-refractivity contribution in [3.63, 3.8) is 0 Å². The number of anilines is 2. The van der Waals surface area contributed by atoms with Crippen molar-refractivity contribution in [2.75, 3.05) is 22.7 Å². The molecule has 0 saturated heterocycles. The van der Waals surface area contributed by atoms with Crippen LogP contribution < -0.4 is 18.9 Å². The van der Waals surface area contributed by atoms with Crippen molar-refractivity contribution in [1.29, 1.82) is 0 Å². The number of hydrogen-bond acceptors (Lipinski definition) is 10. The summed E-state index contributed by atoms with van der Waals surface area (Å²) in [5, 5.41) is 9.09. The van der Waals surface area contributed by atoms with E-state index < -0.39 is 20.0 Å². The Morgan fingerprint density at radius 3 is 1.71 bits per heavy atom. The van der Waals surface area contributed by atoms with Gasteiger partial charge in [0.1, 0.15) is 21.3 Å². The first-order valence-corrected chi connectivity index (χ1v) is 18.4. The number of ether oxygens (including phenoxy) is 2. The van der Waals surface area contributed by atoms with Crippen LogP contribution in [0.15, 0.2) is 90.0 Å². The van der Waals surface area contributed by atoms with Gasteiger partial charge in [-0.25, -0.2) is 16.8 Å². The summed E-state index contributed by atoms with van der Waals surface area (Å²) < 4.78 is 77.8. The van der Waals surface area contributed by atoms with Gasteiger partial charge in [0, 0.05) is 22.9 Å². The molecule has 0 amide bonds. The van der Waals surface area contributed by atoms with Gasteiger partial charge >= 0.3 is 0 Å². The highest BCUT2D eigenvalue weighted by molar-refractivity contribution is 9.10. The van der Waals surface area contributed by atoms with Crippen LogP contribution in [-0.4, -0.2) is 40.4 Å². The summed E-state index contributed by atoms with van der Waals surface area (Å²) in [4.78, 5) is 0.128. The van der Waals surface area contributed by atoms with Gasteiger partial charge in [0.05, 0.1) is 34.0 Å². The molecule has 2 aliphatic heterocycles.